The van der Waals surface area contributed by atoms with Crippen LogP contribution in [0, 0.1) is 6.92 Å². The molecule has 2 saturated heterocycles. The molecule has 0 aliphatic carbocycles. The van der Waals surface area contributed by atoms with Gasteiger partial charge in [0.15, 0.2) is 0 Å². The molecule has 4 heterocycles. The maximum atomic E-state index is 13.9. The van der Waals surface area contributed by atoms with Gasteiger partial charge in [-0.1, -0.05) is 0 Å². The number of carbonyl (C=O) groups is 1. The molecule has 196 valence electrons. The van der Waals surface area contributed by atoms with Crippen LogP contribution in [0.3, 0.4) is 0 Å². The number of piperidine rings is 1. The number of ether oxygens (including phenoxy) is 1. The summed E-state index contributed by atoms with van der Waals surface area (Å²) in [7, 11) is 0. The molecule has 0 unspecified atom stereocenters. The highest BCUT2D eigenvalue weighted by Crippen LogP contribution is 2.35. The fraction of sp³-hybridized carbons (Fsp3) is 0.423. The van der Waals surface area contributed by atoms with Gasteiger partial charge >= 0.3 is 6.36 Å². The molecule has 0 spiro atoms. The van der Waals surface area contributed by atoms with Crippen molar-refractivity contribution in [2.75, 3.05) is 26.2 Å². The molecule has 3 aromatic rings. The zero-order valence-electron chi connectivity index (χ0n) is 20.3. The number of halogens is 4. The summed E-state index contributed by atoms with van der Waals surface area (Å²) >= 11 is 3.11. The first-order valence-corrected chi connectivity index (χ1v) is 13.1. The number of nitrogens with zero attached hydrogens (tertiary/aromatic N) is 5. The van der Waals surface area contributed by atoms with Crippen LogP contribution in [0.1, 0.15) is 41.7 Å². The van der Waals surface area contributed by atoms with Crippen LogP contribution in [0.4, 0.5) is 13.2 Å². The Morgan fingerprint density at radius 2 is 1.73 bits per heavy atom. The monoisotopic (exact) mass is 577 g/mol. The van der Waals surface area contributed by atoms with E-state index < -0.39 is 6.36 Å². The van der Waals surface area contributed by atoms with Gasteiger partial charge in [-0.2, -0.15) is 5.10 Å². The molecule has 11 heteroatoms. The summed E-state index contributed by atoms with van der Waals surface area (Å²) in [6.07, 6.45) is 2.72. The summed E-state index contributed by atoms with van der Waals surface area (Å²) in [4.78, 5) is 22.3. The molecule has 0 bridgehead atoms. The summed E-state index contributed by atoms with van der Waals surface area (Å²) in [6.45, 7) is 5.33. The van der Waals surface area contributed by atoms with E-state index in [4.69, 9.17) is 5.10 Å². The van der Waals surface area contributed by atoms with Gasteiger partial charge in [0.05, 0.1) is 21.4 Å². The van der Waals surface area contributed by atoms with Crippen molar-refractivity contribution in [3.05, 3.63) is 58.5 Å². The number of aromatic nitrogens is 3. The van der Waals surface area contributed by atoms with E-state index in [9.17, 15) is 18.0 Å². The van der Waals surface area contributed by atoms with Crippen LogP contribution in [0.15, 0.2) is 47.2 Å². The van der Waals surface area contributed by atoms with Crippen molar-refractivity contribution < 1.29 is 22.7 Å². The maximum Gasteiger partial charge on any atom is 0.573 e. The van der Waals surface area contributed by atoms with E-state index in [-0.39, 0.29) is 16.1 Å². The minimum atomic E-state index is -4.84. The highest BCUT2D eigenvalue weighted by molar-refractivity contribution is 9.10. The maximum absolute atomic E-state index is 13.9. The van der Waals surface area contributed by atoms with Gasteiger partial charge in [-0.3, -0.25) is 9.78 Å². The molecule has 7 nitrogen and oxygen atoms in total. The Balaban J connectivity index is 1.49. The zero-order valence-corrected chi connectivity index (χ0v) is 21.9. The summed E-state index contributed by atoms with van der Waals surface area (Å²) in [5.74, 6) is -0.512. The lowest BCUT2D eigenvalue weighted by Gasteiger charge is -2.36. The molecule has 1 aromatic carbocycles. The molecule has 2 aliphatic heterocycles. The van der Waals surface area contributed by atoms with Gasteiger partial charge < -0.3 is 14.5 Å². The van der Waals surface area contributed by atoms with E-state index in [0.717, 1.165) is 25.9 Å². The normalized spacial score (nSPS) is 17.4. The van der Waals surface area contributed by atoms with Crippen LogP contribution in [-0.4, -0.2) is 69.1 Å². The van der Waals surface area contributed by atoms with Gasteiger partial charge in [0.1, 0.15) is 11.4 Å². The lowest BCUT2D eigenvalue weighted by Crippen LogP contribution is -2.46. The molecule has 37 heavy (non-hydrogen) atoms. The highest BCUT2D eigenvalue weighted by Gasteiger charge is 2.34. The number of hydrogen-bond acceptors (Lipinski definition) is 5. The van der Waals surface area contributed by atoms with E-state index in [2.05, 4.69) is 30.6 Å². The van der Waals surface area contributed by atoms with Crippen molar-refractivity contribution in [1.29, 1.82) is 0 Å². The van der Waals surface area contributed by atoms with Crippen LogP contribution in [0.25, 0.3) is 16.9 Å². The standard InChI is InChI=1S/C26H27BrF3N5O2/c1-17-23(25(36)34-14-8-19(9-15-34)33-12-2-3-13-33)24(18-6-10-31-11-7-18)32-35(17)20-4-5-21(27)22(16-20)37-26(28,29)30/h4-7,10-11,16,19H,2-3,8-9,12-15H2,1H3. The second kappa shape index (κ2) is 10.4. The Labute approximate surface area is 221 Å². The predicted molar refractivity (Wildman–Crippen MR) is 136 cm³/mol. The number of hydrogen-bond donors (Lipinski definition) is 0. The lowest BCUT2D eigenvalue weighted by molar-refractivity contribution is -0.274. The molecule has 0 saturated carbocycles. The third kappa shape index (κ3) is 5.52. The molecule has 0 atom stereocenters. The Morgan fingerprint density at radius 3 is 2.38 bits per heavy atom. The van der Waals surface area contributed by atoms with E-state index >= 15 is 0 Å². The second-order valence-corrected chi connectivity index (χ2v) is 10.2. The van der Waals surface area contributed by atoms with Crippen molar-refractivity contribution in [1.82, 2.24) is 24.6 Å². The van der Waals surface area contributed by atoms with Gasteiger partial charge in [0.2, 0.25) is 0 Å². The molecule has 5 rings (SSSR count). The molecule has 0 radical (unpaired) electrons. The van der Waals surface area contributed by atoms with Gasteiger partial charge in [0.25, 0.3) is 5.91 Å². The van der Waals surface area contributed by atoms with Crippen LogP contribution in [0.2, 0.25) is 0 Å². The molecule has 2 aromatic heterocycles. The van der Waals surface area contributed by atoms with Gasteiger partial charge in [-0.25, -0.2) is 4.68 Å². The van der Waals surface area contributed by atoms with Gasteiger partial charge in [0, 0.05) is 43.2 Å². The summed E-state index contributed by atoms with van der Waals surface area (Å²) < 4.78 is 44.6. The molecule has 0 N–H and O–H groups in total. The van der Waals surface area contributed by atoms with E-state index in [1.165, 1.54) is 29.7 Å². The highest BCUT2D eigenvalue weighted by atomic mass is 79.9. The molecule has 2 fully saturated rings. The number of amides is 1. The first-order chi connectivity index (χ1) is 17.7. The Hall–Kier alpha value is -2.92. The number of carbonyl (C=O) groups excluding carboxylic acids is 1. The predicted octanol–water partition coefficient (Wildman–Crippen LogP) is 5.60. The number of benzene rings is 1. The number of alkyl halides is 3. The molecule has 2 aliphatic rings. The zero-order chi connectivity index (χ0) is 26.2. The largest absolute Gasteiger partial charge is 0.573 e. The first kappa shape index (κ1) is 25.7. The fourth-order valence-electron chi connectivity index (χ4n) is 5.25. The van der Waals surface area contributed by atoms with Crippen molar-refractivity contribution in [2.45, 2.75) is 45.0 Å². The minimum absolute atomic E-state index is 0.126. The third-order valence-corrected chi connectivity index (χ3v) is 7.73. The number of rotatable bonds is 5. The van der Waals surface area contributed by atoms with Crippen molar-refractivity contribution >= 4 is 21.8 Å². The minimum Gasteiger partial charge on any atom is -0.405 e. The Kier molecular flexibility index (Phi) is 7.26. The topological polar surface area (TPSA) is 63.5 Å². The second-order valence-electron chi connectivity index (χ2n) is 9.39. The van der Waals surface area contributed by atoms with Gasteiger partial charge in [-0.05, 0) is 85.9 Å². The van der Waals surface area contributed by atoms with Crippen LogP contribution in [-0.2, 0) is 0 Å². The number of pyridine rings is 1. The van der Waals surface area contributed by atoms with Crippen LogP contribution in [0.5, 0.6) is 5.75 Å². The van der Waals surface area contributed by atoms with Crippen LogP contribution >= 0.6 is 15.9 Å². The summed E-state index contributed by atoms with van der Waals surface area (Å²) in [5.41, 5.74) is 2.50. The van der Waals surface area contributed by atoms with Crippen molar-refractivity contribution in [3.63, 3.8) is 0 Å². The SMILES string of the molecule is Cc1c(C(=O)N2CCC(N3CCCC3)CC2)c(-c2ccncc2)nn1-c1ccc(Br)c(OC(F)(F)F)c1. The van der Waals surface area contributed by atoms with Gasteiger partial charge in [-0.15, -0.1) is 13.2 Å². The van der Waals surface area contributed by atoms with E-state index in [1.807, 2.05) is 4.90 Å². The van der Waals surface area contributed by atoms with Crippen LogP contribution < -0.4 is 4.74 Å². The van der Waals surface area contributed by atoms with E-state index in [1.54, 1.807) is 37.5 Å². The Bertz CT molecular complexity index is 1270. The average molecular weight is 578 g/mol. The average Bonchev–Trinajstić information content (AvgIpc) is 3.53. The first-order valence-electron chi connectivity index (χ1n) is 12.3. The molecular weight excluding hydrogens is 551 g/mol. The lowest BCUT2D eigenvalue weighted by atomic mass is 10.0. The fourth-order valence-corrected chi connectivity index (χ4v) is 5.57. The summed E-state index contributed by atoms with van der Waals surface area (Å²) in [6, 6.07) is 8.38. The summed E-state index contributed by atoms with van der Waals surface area (Å²) in [5, 5.41) is 4.69. The Morgan fingerprint density at radius 1 is 1.05 bits per heavy atom. The molecule has 1 amide bonds. The third-order valence-electron chi connectivity index (χ3n) is 7.08. The number of likely N-dealkylation sites (tertiary alicyclic amines) is 2. The molecular formula is C26H27BrF3N5O2. The van der Waals surface area contributed by atoms with E-state index in [0.29, 0.717) is 47.3 Å². The smallest absolute Gasteiger partial charge is 0.405 e. The van der Waals surface area contributed by atoms with Crippen molar-refractivity contribution in [3.8, 4) is 22.7 Å². The van der Waals surface area contributed by atoms with Crippen molar-refractivity contribution in [2.24, 2.45) is 0 Å². The quantitative estimate of drug-likeness (QED) is 0.395.